The van der Waals surface area contributed by atoms with E-state index in [4.69, 9.17) is 0 Å². The zero-order valence-electron chi connectivity index (χ0n) is 10.8. The molecule has 1 heterocycles. The Balaban J connectivity index is 2.03. The van der Waals surface area contributed by atoms with E-state index >= 15 is 0 Å². The van der Waals surface area contributed by atoms with Crippen molar-refractivity contribution in [1.29, 1.82) is 0 Å². The molecule has 1 unspecified atom stereocenters. The van der Waals surface area contributed by atoms with Crippen molar-refractivity contribution in [2.75, 3.05) is 10.7 Å². The third kappa shape index (κ3) is 3.37. The third-order valence-electron chi connectivity index (χ3n) is 3.52. The van der Waals surface area contributed by atoms with E-state index in [9.17, 15) is 4.79 Å². The van der Waals surface area contributed by atoms with Gasteiger partial charge >= 0.3 is 0 Å². The van der Waals surface area contributed by atoms with Crippen molar-refractivity contribution in [3.05, 3.63) is 29.8 Å². The molecule has 1 amide bonds. The van der Waals surface area contributed by atoms with Crippen LogP contribution in [0.1, 0.15) is 18.9 Å². The summed E-state index contributed by atoms with van der Waals surface area (Å²) in [5.41, 5.74) is 1.10. The summed E-state index contributed by atoms with van der Waals surface area (Å²) in [6, 6.07) is 8.26. The fraction of sp³-hybridized carbons (Fsp3) is 0.500. The van der Waals surface area contributed by atoms with Crippen molar-refractivity contribution >= 4 is 49.5 Å². The van der Waals surface area contributed by atoms with E-state index in [2.05, 4.69) is 56.2 Å². The number of rotatable bonds is 5. The Morgan fingerprint density at radius 1 is 1.42 bits per heavy atom. The van der Waals surface area contributed by atoms with E-state index in [1.807, 2.05) is 12.1 Å². The van der Waals surface area contributed by atoms with Crippen LogP contribution in [0.15, 0.2) is 29.2 Å². The lowest BCUT2D eigenvalue weighted by molar-refractivity contribution is -0.122. The summed E-state index contributed by atoms with van der Waals surface area (Å²) >= 11 is 8.69. The maximum Gasteiger partial charge on any atom is 0.234 e. The number of nitrogens with one attached hydrogen (secondary N) is 1. The predicted molar refractivity (Wildman–Crippen MR) is 88.5 cm³/mol. The predicted octanol–water partition coefficient (Wildman–Crippen LogP) is 3.76. The van der Waals surface area contributed by atoms with Gasteiger partial charge in [0.05, 0.1) is 10.8 Å². The molecule has 0 saturated heterocycles. The zero-order valence-corrected chi connectivity index (χ0v) is 14.8. The largest absolute Gasteiger partial charge is 0.348 e. The van der Waals surface area contributed by atoms with Gasteiger partial charge in [-0.2, -0.15) is 0 Å². The first-order chi connectivity index (χ1) is 9.14. The van der Waals surface area contributed by atoms with E-state index < -0.39 is 0 Å². The third-order valence-corrected chi connectivity index (χ3v) is 6.98. The molecule has 0 spiro atoms. The van der Waals surface area contributed by atoms with Crippen LogP contribution in [0.25, 0.3) is 0 Å². The van der Waals surface area contributed by atoms with E-state index in [0.717, 1.165) is 23.5 Å². The van der Waals surface area contributed by atoms with Gasteiger partial charge < -0.3 is 5.32 Å². The monoisotopic (exact) mass is 405 g/mol. The fourth-order valence-corrected chi connectivity index (χ4v) is 5.25. The second kappa shape index (κ2) is 6.64. The summed E-state index contributed by atoms with van der Waals surface area (Å²) in [6.07, 6.45) is 1.73. The Bertz CT molecular complexity index is 429. The molecule has 19 heavy (non-hydrogen) atoms. The Kier molecular flexibility index (Phi) is 5.37. The SMILES string of the molecule is CCC(CBr)(CBr)NC(=O)C1Cc2ccccc2S1. The lowest BCUT2D eigenvalue weighted by atomic mass is 10.0. The highest BCUT2D eigenvalue weighted by molar-refractivity contribution is 9.09. The van der Waals surface area contributed by atoms with Crippen LogP contribution < -0.4 is 5.32 Å². The number of carbonyl (C=O) groups excluding carboxylic acids is 1. The lowest BCUT2D eigenvalue weighted by Gasteiger charge is -2.31. The van der Waals surface area contributed by atoms with E-state index in [0.29, 0.717) is 0 Å². The Hall–Kier alpha value is -0.0000000000000000555. The number of hydrogen-bond acceptors (Lipinski definition) is 2. The van der Waals surface area contributed by atoms with Crippen molar-refractivity contribution in [2.24, 2.45) is 0 Å². The molecule has 2 rings (SSSR count). The first-order valence-electron chi connectivity index (χ1n) is 6.32. The maximum atomic E-state index is 12.4. The van der Waals surface area contributed by atoms with Crippen LogP contribution >= 0.6 is 43.6 Å². The summed E-state index contributed by atoms with van der Waals surface area (Å²) in [5, 5.41) is 4.73. The normalized spacial score (nSPS) is 18.2. The first-order valence-corrected chi connectivity index (χ1v) is 9.45. The Morgan fingerprint density at radius 3 is 2.68 bits per heavy atom. The topological polar surface area (TPSA) is 29.1 Å². The molecule has 1 aromatic rings. The molecule has 104 valence electrons. The number of alkyl halides is 2. The Labute approximate surface area is 135 Å². The standard InChI is InChI=1S/C14H17Br2NOS/c1-2-14(8-15,9-16)17-13(18)12-7-10-5-3-4-6-11(10)19-12/h3-6,12H,2,7-9H2,1H3,(H,17,18). The van der Waals surface area contributed by atoms with Crippen LogP contribution in [0.2, 0.25) is 0 Å². The van der Waals surface area contributed by atoms with Gasteiger partial charge in [0.1, 0.15) is 0 Å². The summed E-state index contributed by atoms with van der Waals surface area (Å²) < 4.78 is 0. The van der Waals surface area contributed by atoms with Crippen molar-refractivity contribution in [3.63, 3.8) is 0 Å². The molecule has 0 saturated carbocycles. The van der Waals surface area contributed by atoms with Gasteiger partial charge in [0.15, 0.2) is 0 Å². The number of carbonyl (C=O) groups is 1. The van der Waals surface area contributed by atoms with Gasteiger partial charge in [-0.15, -0.1) is 11.8 Å². The maximum absolute atomic E-state index is 12.4. The molecule has 0 aromatic heterocycles. The van der Waals surface area contributed by atoms with Gasteiger partial charge in [0.25, 0.3) is 0 Å². The first kappa shape index (κ1) is 15.4. The average Bonchev–Trinajstić information content (AvgIpc) is 2.89. The highest BCUT2D eigenvalue weighted by atomic mass is 79.9. The number of fused-ring (bicyclic) bond motifs is 1. The average molecular weight is 407 g/mol. The second-order valence-electron chi connectivity index (χ2n) is 4.81. The van der Waals surface area contributed by atoms with Crippen molar-refractivity contribution in [1.82, 2.24) is 5.32 Å². The van der Waals surface area contributed by atoms with Gasteiger partial charge in [-0.25, -0.2) is 0 Å². The van der Waals surface area contributed by atoms with Gasteiger partial charge in [-0.1, -0.05) is 57.0 Å². The van der Waals surface area contributed by atoms with Crippen LogP contribution in [-0.4, -0.2) is 27.4 Å². The number of hydrogen-bond donors (Lipinski definition) is 1. The Morgan fingerprint density at radius 2 is 2.11 bits per heavy atom. The molecule has 0 radical (unpaired) electrons. The molecule has 0 aliphatic carbocycles. The van der Waals surface area contributed by atoms with E-state index in [1.165, 1.54) is 10.5 Å². The molecular formula is C14H17Br2NOS. The molecule has 1 N–H and O–H groups in total. The van der Waals surface area contributed by atoms with Crippen molar-refractivity contribution in [2.45, 2.75) is 35.4 Å². The van der Waals surface area contributed by atoms with Crippen LogP contribution in [0.3, 0.4) is 0 Å². The van der Waals surface area contributed by atoms with Crippen LogP contribution in [0.5, 0.6) is 0 Å². The molecule has 2 nitrogen and oxygen atoms in total. The molecular weight excluding hydrogens is 390 g/mol. The van der Waals surface area contributed by atoms with Gasteiger partial charge in [0.2, 0.25) is 5.91 Å². The van der Waals surface area contributed by atoms with Gasteiger partial charge in [0, 0.05) is 15.6 Å². The summed E-state index contributed by atoms with van der Waals surface area (Å²) in [5.74, 6) is 0.141. The van der Waals surface area contributed by atoms with E-state index in [-0.39, 0.29) is 16.7 Å². The number of amides is 1. The number of halogens is 2. The summed E-state index contributed by atoms with van der Waals surface area (Å²) in [6.45, 7) is 2.10. The molecule has 1 aromatic carbocycles. The fourth-order valence-electron chi connectivity index (χ4n) is 2.05. The molecule has 1 aliphatic heterocycles. The van der Waals surface area contributed by atoms with Crippen LogP contribution in [0, 0.1) is 0 Å². The molecule has 0 bridgehead atoms. The van der Waals surface area contributed by atoms with Crippen LogP contribution in [-0.2, 0) is 11.2 Å². The highest BCUT2D eigenvalue weighted by Gasteiger charge is 2.34. The minimum absolute atomic E-state index is 0.00132. The highest BCUT2D eigenvalue weighted by Crippen LogP contribution is 2.37. The smallest absolute Gasteiger partial charge is 0.234 e. The van der Waals surface area contributed by atoms with Crippen molar-refractivity contribution in [3.8, 4) is 0 Å². The van der Waals surface area contributed by atoms with Gasteiger partial charge in [-0.05, 0) is 24.5 Å². The van der Waals surface area contributed by atoms with E-state index in [1.54, 1.807) is 11.8 Å². The summed E-state index contributed by atoms with van der Waals surface area (Å²) in [7, 11) is 0. The van der Waals surface area contributed by atoms with Gasteiger partial charge in [-0.3, -0.25) is 4.79 Å². The molecule has 1 aliphatic rings. The number of benzene rings is 1. The summed E-state index contributed by atoms with van der Waals surface area (Å²) in [4.78, 5) is 13.7. The van der Waals surface area contributed by atoms with Crippen molar-refractivity contribution < 1.29 is 4.79 Å². The second-order valence-corrected chi connectivity index (χ2v) is 7.17. The molecule has 0 fully saturated rings. The van der Waals surface area contributed by atoms with Crippen LogP contribution in [0.4, 0.5) is 0 Å². The molecule has 5 heteroatoms. The number of thioether (sulfide) groups is 1. The minimum atomic E-state index is -0.188. The molecule has 1 atom stereocenters. The zero-order chi connectivity index (χ0) is 13.9. The lowest BCUT2D eigenvalue weighted by Crippen LogP contribution is -2.53. The quantitative estimate of drug-likeness (QED) is 0.754. The minimum Gasteiger partial charge on any atom is -0.348 e.